The van der Waals surface area contributed by atoms with E-state index in [0.717, 1.165) is 0 Å². The molecule has 0 atom stereocenters. The van der Waals surface area contributed by atoms with Crippen LogP contribution in [0.3, 0.4) is 0 Å². The number of rotatable bonds is 3. The van der Waals surface area contributed by atoms with Gasteiger partial charge in [0, 0.05) is 17.3 Å². The van der Waals surface area contributed by atoms with Gasteiger partial charge in [-0.1, -0.05) is 0 Å². The lowest BCUT2D eigenvalue weighted by molar-refractivity contribution is 0.102. The van der Waals surface area contributed by atoms with Gasteiger partial charge >= 0.3 is 0 Å². The molecule has 1 amide bonds. The maximum atomic E-state index is 12.2. The van der Waals surface area contributed by atoms with Crippen molar-refractivity contribution in [2.75, 3.05) is 25.0 Å². The zero-order valence-corrected chi connectivity index (χ0v) is 11.4. The monoisotopic (exact) mass is 286 g/mol. The molecule has 6 nitrogen and oxygen atoms in total. The van der Waals surface area contributed by atoms with Crippen LogP contribution in [-0.4, -0.2) is 19.8 Å². The lowest BCUT2D eigenvalue weighted by atomic mass is 10.2. The van der Waals surface area contributed by atoms with Gasteiger partial charge < -0.3 is 25.3 Å². The van der Waals surface area contributed by atoms with Gasteiger partial charge in [0.1, 0.15) is 5.75 Å². The fourth-order valence-corrected chi connectivity index (χ4v) is 2.03. The number of nitrogen functional groups attached to an aromatic ring is 1. The predicted octanol–water partition coefficient (Wildman–Crippen LogP) is 2.26. The second kappa shape index (κ2) is 5.24. The molecule has 1 aliphatic heterocycles. The Morgan fingerprint density at radius 3 is 2.81 bits per heavy atom. The maximum absolute atomic E-state index is 12.2. The van der Waals surface area contributed by atoms with Crippen molar-refractivity contribution in [2.24, 2.45) is 0 Å². The highest BCUT2D eigenvalue weighted by Crippen LogP contribution is 2.33. The third-order valence-corrected chi connectivity index (χ3v) is 3.13. The van der Waals surface area contributed by atoms with Gasteiger partial charge in [0.05, 0.1) is 12.8 Å². The van der Waals surface area contributed by atoms with Crippen molar-refractivity contribution in [3.63, 3.8) is 0 Å². The van der Waals surface area contributed by atoms with Crippen LogP contribution in [-0.2, 0) is 0 Å². The highest BCUT2D eigenvalue weighted by atomic mass is 16.7. The van der Waals surface area contributed by atoms with Crippen LogP contribution in [0.2, 0.25) is 0 Å². The summed E-state index contributed by atoms with van der Waals surface area (Å²) in [6.45, 7) is 0.176. The Balaban J connectivity index is 1.80. The van der Waals surface area contributed by atoms with Crippen LogP contribution in [0.25, 0.3) is 0 Å². The average molecular weight is 286 g/mol. The molecule has 0 saturated carbocycles. The third kappa shape index (κ3) is 2.55. The van der Waals surface area contributed by atoms with E-state index in [1.807, 2.05) is 0 Å². The molecule has 3 rings (SSSR count). The van der Waals surface area contributed by atoms with E-state index in [9.17, 15) is 4.79 Å². The Hall–Kier alpha value is -2.89. The van der Waals surface area contributed by atoms with Gasteiger partial charge in [-0.15, -0.1) is 0 Å². The van der Waals surface area contributed by atoms with Gasteiger partial charge in [-0.05, 0) is 30.3 Å². The number of nitrogens with two attached hydrogens (primary N) is 1. The first-order chi connectivity index (χ1) is 10.2. The van der Waals surface area contributed by atoms with Crippen molar-refractivity contribution in [1.29, 1.82) is 0 Å². The van der Waals surface area contributed by atoms with Gasteiger partial charge in [-0.25, -0.2) is 0 Å². The number of hydrogen-bond acceptors (Lipinski definition) is 5. The summed E-state index contributed by atoms with van der Waals surface area (Å²) in [4.78, 5) is 12.2. The number of carbonyl (C=O) groups excluding carboxylic acids is 1. The normalized spacial score (nSPS) is 12.0. The van der Waals surface area contributed by atoms with E-state index < -0.39 is 0 Å². The molecule has 1 aliphatic rings. The van der Waals surface area contributed by atoms with Crippen molar-refractivity contribution in [3.8, 4) is 17.2 Å². The van der Waals surface area contributed by atoms with Crippen molar-refractivity contribution >= 4 is 17.3 Å². The molecule has 3 N–H and O–H groups in total. The molecule has 1 heterocycles. The van der Waals surface area contributed by atoms with Crippen molar-refractivity contribution in [1.82, 2.24) is 0 Å². The number of amides is 1. The van der Waals surface area contributed by atoms with E-state index in [-0.39, 0.29) is 12.7 Å². The van der Waals surface area contributed by atoms with Crippen LogP contribution < -0.4 is 25.3 Å². The van der Waals surface area contributed by atoms with Gasteiger partial charge in [-0.3, -0.25) is 4.79 Å². The van der Waals surface area contributed by atoms with Crippen LogP contribution in [0.1, 0.15) is 10.4 Å². The topological polar surface area (TPSA) is 82.8 Å². The molecule has 0 radical (unpaired) electrons. The molecule has 0 aromatic heterocycles. The number of methoxy groups -OCH3 is 1. The molecule has 108 valence electrons. The number of ether oxygens (including phenoxy) is 3. The Morgan fingerprint density at radius 1 is 1.19 bits per heavy atom. The summed E-state index contributed by atoms with van der Waals surface area (Å²) in [7, 11) is 1.52. The Kier molecular flexibility index (Phi) is 3.27. The van der Waals surface area contributed by atoms with Crippen molar-refractivity contribution in [3.05, 3.63) is 42.0 Å². The summed E-state index contributed by atoms with van der Waals surface area (Å²) in [5.41, 5.74) is 7.33. The molecule has 6 heteroatoms. The lowest BCUT2D eigenvalue weighted by Crippen LogP contribution is -2.12. The first-order valence-corrected chi connectivity index (χ1v) is 6.32. The fraction of sp³-hybridized carbons (Fsp3) is 0.133. The molecule has 21 heavy (non-hydrogen) atoms. The first kappa shape index (κ1) is 13.1. The minimum atomic E-state index is -0.250. The Bertz CT molecular complexity index is 700. The summed E-state index contributed by atoms with van der Waals surface area (Å²) < 4.78 is 15.6. The van der Waals surface area contributed by atoms with Crippen LogP contribution in [0.15, 0.2) is 36.4 Å². The smallest absolute Gasteiger partial charge is 0.255 e. The highest BCUT2D eigenvalue weighted by molar-refractivity contribution is 6.04. The van der Waals surface area contributed by atoms with E-state index in [1.54, 1.807) is 36.4 Å². The van der Waals surface area contributed by atoms with E-state index in [2.05, 4.69) is 5.32 Å². The number of hydrogen-bond donors (Lipinski definition) is 2. The molecule has 0 spiro atoms. The molecular weight excluding hydrogens is 272 g/mol. The number of carbonyl (C=O) groups is 1. The zero-order chi connectivity index (χ0) is 14.8. The fourth-order valence-electron chi connectivity index (χ4n) is 2.03. The van der Waals surface area contributed by atoms with Crippen LogP contribution in [0.4, 0.5) is 11.4 Å². The average Bonchev–Trinajstić information content (AvgIpc) is 2.96. The van der Waals surface area contributed by atoms with E-state index in [4.69, 9.17) is 19.9 Å². The maximum Gasteiger partial charge on any atom is 0.255 e. The molecule has 0 aliphatic carbocycles. The molecule has 0 unspecified atom stereocenters. The zero-order valence-electron chi connectivity index (χ0n) is 11.4. The second-order valence-electron chi connectivity index (χ2n) is 4.48. The van der Waals surface area contributed by atoms with E-state index in [0.29, 0.717) is 34.2 Å². The largest absolute Gasteiger partial charge is 0.495 e. The third-order valence-electron chi connectivity index (χ3n) is 3.13. The summed E-state index contributed by atoms with van der Waals surface area (Å²) in [5, 5.41) is 2.78. The van der Waals surface area contributed by atoms with Crippen molar-refractivity contribution in [2.45, 2.75) is 0 Å². The number of nitrogens with one attached hydrogen (secondary N) is 1. The lowest BCUT2D eigenvalue weighted by Gasteiger charge is -2.09. The molecule has 2 aromatic carbocycles. The molecule has 0 bridgehead atoms. The SMILES string of the molecule is COc1cc(NC(=O)c2ccc3c(c2)OCO3)ccc1N. The molecule has 0 saturated heterocycles. The van der Waals surface area contributed by atoms with Gasteiger partial charge in [0.15, 0.2) is 11.5 Å². The minimum Gasteiger partial charge on any atom is -0.495 e. The summed E-state index contributed by atoms with van der Waals surface area (Å²) >= 11 is 0. The van der Waals surface area contributed by atoms with E-state index >= 15 is 0 Å². The number of fused-ring (bicyclic) bond motifs is 1. The quantitative estimate of drug-likeness (QED) is 0.846. The van der Waals surface area contributed by atoms with E-state index in [1.165, 1.54) is 7.11 Å². The number of benzene rings is 2. The summed E-state index contributed by atoms with van der Waals surface area (Å²) in [5.74, 6) is 1.47. The van der Waals surface area contributed by atoms with Crippen LogP contribution >= 0.6 is 0 Å². The van der Waals surface area contributed by atoms with Crippen LogP contribution in [0.5, 0.6) is 17.2 Å². The number of anilines is 2. The summed E-state index contributed by atoms with van der Waals surface area (Å²) in [6, 6.07) is 10.1. The summed E-state index contributed by atoms with van der Waals surface area (Å²) in [6.07, 6.45) is 0. The van der Waals surface area contributed by atoms with Gasteiger partial charge in [-0.2, -0.15) is 0 Å². The molecule has 0 fully saturated rings. The standard InChI is InChI=1S/C15H14N2O4/c1-19-13-7-10(3-4-11(13)16)17-15(18)9-2-5-12-14(6-9)21-8-20-12/h2-7H,8,16H2,1H3,(H,17,18). The molecular formula is C15H14N2O4. The van der Waals surface area contributed by atoms with Gasteiger partial charge in [0.2, 0.25) is 6.79 Å². The first-order valence-electron chi connectivity index (χ1n) is 6.32. The minimum absolute atomic E-state index is 0.176. The highest BCUT2D eigenvalue weighted by Gasteiger charge is 2.16. The van der Waals surface area contributed by atoms with Gasteiger partial charge in [0.25, 0.3) is 5.91 Å². The molecule has 2 aromatic rings. The van der Waals surface area contributed by atoms with Crippen molar-refractivity contribution < 1.29 is 19.0 Å². The second-order valence-corrected chi connectivity index (χ2v) is 4.48. The predicted molar refractivity (Wildman–Crippen MR) is 77.9 cm³/mol. The van der Waals surface area contributed by atoms with Crippen LogP contribution in [0, 0.1) is 0 Å². The Labute approximate surface area is 121 Å². The Morgan fingerprint density at radius 2 is 2.00 bits per heavy atom.